The molecule has 0 radical (unpaired) electrons. The quantitative estimate of drug-likeness (QED) is 0.541. The van der Waals surface area contributed by atoms with E-state index in [-0.39, 0.29) is 4.87 Å². The average molecular weight is 233 g/mol. The molecule has 0 saturated heterocycles. The van der Waals surface area contributed by atoms with E-state index in [1.54, 1.807) is 0 Å². The summed E-state index contributed by atoms with van der Waals surface area (Å²) >= 11 is 6.06. The van der Waals surface area contributed by atoms with Gasteiger partial charge in [-0.3, -0.25) is 0 Å². The average Bonchev–Trinajstić information content (AvgIpc) is 2.20. The van der Waals surface area contributed by atoms with Crippen LogP contribution in [0.1, 0.15) is 79.1 Å². The summed E-state index contributed by atoms with van der Waals surface area (Å²) in [5.41, 5.74) is 0. The number of hydrogen-bond acceptors (Lipinski definition) is 0. The van der Waals surface area contributed by atoms with E-state index in [1.165, 1.54) is 51.4 Å². The van der Waals surface area contributed by atoms with Gasteiger partial charge in [0.15, 0.2) is 0 Å². The summed E-state index contributed by atoms with van der Waals surface area (Å²) in [4.78, 5) is -0.0178. The highest BCUT2D eigenvalue weighted by Crippen LogP contribution is 2.27. The lowest BCUT2D eigenvalue weighted by Gasteiger charge is -2.23. The van der Waals surface area contributed by atoms with E-state index in [4.69, 9.17) is 11.6 Å². The van der Waals surface area contributed by atoms with Gasteiger partial charge < -0.3 is 0 Å². The van der Waals surface area contributed by atoms with Gasteiger partial charge >= 0.3 is 0 Å². The number of halogens is 1. The van der Waals surface area contributed by atoms with Crippen LogP contribution in [0.3, 0.4) is 0 Å². The van der Waals surface area contributed by atoms with E-state index in [0.717, 1.165) is 0 Å². The van der Waals surface area contributed by atoms with Gasteiger partial charge in [0, 0.05) is 4.87 Å². The number of hydrogen-bond donors (Lipinski definition) is 0. The molecular weight excluding hydrogens is 204 g/mol. The monoisotopic (exact) mass is 232 g/mol. The van der Waals surface area contributed by atoms with E-state index in [1.807, 2.05) is 0 Å². The second-order valence-electron chi connectivity index (χ2n) is 5.38. The maximum absolute atomic E-state index is 6.06. The molecule has 0 aromatic heterocycles. The van der Waals surface area contributed by atoms with Crippen molar-refractivity contribution in [2.75, 3.05) is 0 Å². The molecule has 0 N–H and O–H groups in total. The summed E-state index contributed by atoms with van der Waals surface area (Å²) in [6.07, 6.45) is 11.5. The molecule has 0 heterocycles. The second kappa shape index (κ2) is 8.44. The minimum Gasteiger partial charge on any atom is -0.120 e. The first-order valence-electron chi connectivity index (χ1n) is 6.67. The van der Waals surface area contributed by atoms with E-state index in [2.05, 4.69) is 27.7 Å². The molecule has 15 heavy (non-hydrogen) atoms. The highest BCUT2D eigenvalue weighted by molar-refractivity contribution is 6.23. The van der Waals surface area contributed by atoms with Crippen LogP contribution in [0.25, 0.3) is 0 Å². The zero-order valence-electron chi connectivity index (χ0n) is 11.1. The summed E-state index contributed by atoms with van der Waals surface area (Å²) in [6, 6.07) is 0. The number of rotatable bonds is 3. The standard InChI is InChI=1S/C8H17Cl.C6H12/c1-5-6-7(2)8(3,4)9;1-2-4-6-5-3-1/h7H,5-6H2,1-4H3;1-6H2. The van der Waals surface area contributed by atoms with E-state index in [9.17, 15) is 0 Å². The van der Waals surface area contributed by atoms with Crippen molar-refractivity contribution in [1.82, 2.24) is 0 Å². The molecule has 1 fully saturated rings. The minimum absolute atomic E-state index is 0.0178. The molecule has 1 saturated carbocycles. The summed E-state index contributed by atoms with van der Waals surface area (Å²) in [6.45, 7) is 8.55. The van der Waals surface area contributed by atoms with Gasteiger partial charge in [0.05, 0.1) is 0 Å². The van der Waals surface area contributed by atoms with Crippen LogP contribution in [-0.2, 0) is 0 Å². The van der Waals surface area contributed by atoms with Crippen molar-refractivity contribution in [2.45, 2.75) is 83.9 Å². The second-order valence-corrected chi connectivity index (χ2v) is 6.35. The van der Waals surface area contributed by atoms with Crippen LogP contribution in [0.15, 0.2) is 0 Å². The lowest BCUT2D eigenvalue weighted by molar-refractivity contribution is 0.418. The molecule has 1 atom stereocenters. The van der Waals surface area contributed by atoms with Crippen molar-refractivity contribution in [3.05, 3.63) is 0 Å². The van der Waals surface area contributed by atoms with E-state index < -0.39 is 0 Å². The fraction of sp³-hybridized carbons (Fsp3) is 1.00. The van der Waals surface area contributed by atoms with Crippen LogP contribution in [0, 0.1) is 5.92 Å². The first-order valence-corrected chi connectivity index (χ1v) is 7.05. The smallest absolute Gasteiger partial charge is 0.0416 e. The molecule has 0 aromatic carbocycles. The SMILES string of the molecule is C1CCCCC1.CCCC(C)C(C)(C)Cl. The first-order chi connectivity index (χ1) is 6.98. The topological polar surface area (TPSA) is 0 Å². The van der Waals surface area contributed by atoms with E-state index >= 15 is 0 Å². The molecule has 1 unspecified atom stereocenters. The van der Waals surface area contributed by atoms with Gasteiger partial charge in [-0.05, 0) is 26.2 Å². The van der Waals surface area contributed by atoms with Crippen LogP contribution in [0.4, 0.5) is 0 Å². The van der Waals surface area contributed by atoms with Crippen molar-refractivity contribution >= 4 is 11.6 Å². The predicted octanol–water partition coefficient (Wildman–Crippen LogP) is 5.78. The molecule has 1 rings (SSSR count). The molecule has 1 heteroatoms. The van der Waals surface area contributed by atoms with E-state index in [0.29, 0.717) is 5.92 Å². The molecule has 0 aromatic rings. The predicted molar refractivity (Wildman–Crippen MR) is 71.7 cm³/mol. The summed E-state index contributed by atoms with van der Waals surface area (Å²) in [5.74, 6) is 0.629. The Labute approximate surface area is 102 Å². The Kier molecular flexibility index (Phi) is 8.61. The third-order valence-corrected chi connectivity index (χ3v) is 3.77. The summed E-state index contributed by atoms with van der Waals surface area (Å²) < 4.78 is 0. The molecule has 92 valence electrons. The van der Waals surface area contributed by atoms with Crippen molar-refractivity contribution in [2.24, 2.45) is 5.92 Å². The number of alkyl halides is 1. The maximum atomic E-state index is 6.06. The van der Waals surface area contributed by atoms with Crippen LogP contribution in [0.2, 0.25) is 0 Å². The third kappa shape index (κ3) is 9.23. The molecule has 0 aliphatic heterocycles. The lowest BCUT2D eigenvalue weighted by Crippen LogP contribution is -2.21. The third-order valence-electron chi connectivity index (χ3n) is 3.39. The van der Waals surface area contributed by atoms with Gasteiger partial charge in [0.2, 0.25) is 0 Å². The Hall–Kier alpha value is 0.290. The van der Waals surface area contributed by atoms with Crippen molar-refractivity contribution < 1.29 is 0 Å². The van der Waals surface area contributed by atoms with Crippen molar-refractivity contribution in [3.8, 4) is 0 Å². The van der Waals surface area contributed by atoms with Gasteiger partial charge in [-0.1, -0.05) is 58.8 Å². The molecule has 0 bridgehead atoms. The zero-order valence-corrected chi connectivity index (χ0v) is 11.9. The molecule has 0 nitrogen and oxygen atoms in total. The lowest BCUT2D eigenvalue weighted by atomic mass is 9.93. The Balaban J connectivity index is 0.000000280. The van der Waals surface area contributed by atoms with Gasteiger partial charge in [0.25, 0.3) is 0 Å². The highest BCUT2D eigenvalue weighted by Gasteiger charge is 2.20. The van der Waals surface area contributed by atoms with Crippen molar-refractivity contribution in [3.63, 3.8) is 0 Å². The summed E-state index contributed by atoms with van der Waals surface area (Å²) in [7, 11) is 0. The maximum Gasteiger partial charge on any atom is 0.0416 e. The molecule has 1 aliphatic carbocycles. The Bertz CT molecular complexity index is 119. The van der Waals surface area contributed by atoms with Crippen molar-refractivity contribution in [1.29, 1.82) is 0 Å². The summed E-state index contributed by atoms with van der Waals surface area (Å²) in [5, 5.41) is 0. The van der Waals surface area contributed by atoms with Crippen LogP contribution in [0.5, 0.6) is 0 Å². The molecule has 0 spiro atoms. The normalized spacial score (nSPS) is 19.0. The fourth-order valence-corrected chi connectivity index (χ4v) is 1.95. The fourth-order valence-electron chi connectivity index (χ4n) is 1.84. The Morgan fingerprint density at radius 3 is 1.47 bits per heavy atom. The minimum atomic E-state index is -0.0178. The van der Waals surface area contributed by atoms with Gasteiger partial charge in [-0.15, -0.1) is 11.6 Å². The van der Waals surface area contributed by atoms with Gasteiger partial charge in [0.1, 0.15) is 0 Å². The largest absolute Gasteiger partial charge is 0.120 e. The molecular formula is C14H29Cl. The van der Waals surface area contributed by atoms with Crippen LogP contribution in [-0.4, -0.2) is 4.87 Å². The Morgan fingerprint density at radius 2 is 1.33 bits per heavy atom. The molecule has 0 amide bonds. The zero-order chi connectivity index (χ0) is 11.7. The Morgan fingerprint density at radius 1 is 1.00 bits per heavy atom. The molecule has 1 aliphatic rings. The van der Waals surface area contributed by atoms with Gasteiger partial charge in [-0.25, -0.2) is 0 Å². The first kappa shape index (κ1) is 15.3. The highest BCUT2D eigenvalue weighted by atomic mass is 35.5. The van der Waals surface area contributed by atoms with Crippen LogP contribution < -0.4 is 0 Å². The van der Waals surface area contributed by atoms with Gasteiger partial charge in [-0.2, -0.15) is 0 Å². The van der Waals surface area contributed by atoms with Crippen LogP contribution >= 0.6 is 11.6 Å².